The van der Waals surface area contributed by atoms with E-state index in [1.807, 2.05) is 0 Å². The molecule has 0 aromatic heterocycles. The summed E-state index contributed by atoms with van der Waals surface area (Å²) in [4.78, 5) is 11.1. The number of hydrogen-bond donors (Lipinski definition) is 1. The summed E-state index contributed by atoms with van der Waals surface area (Å²) >= 11 is 0. The van der Waals surface area contributed by atoms with E-state index in [4.69, 9.17) is 9.84 Å². The van der Waals surface area contributed by atoms with Gasteiger partial charge in [-0.2, -0.15) is 0 Å². The summed E-state index contributed by atoms with van der Waals surface area (Å²) in [6, 6.07) is 4.28. The van der Waals surface area contributed by atoms with Crippen molar-refractivity contribution in [1.82, 2.24) is 0 Å². The Morgan fingerprint density at radius 1 is 1.47 bits per heavy atom. The number of benzene rings is 1. The normalized spacial score (nSPS) is 23.6. The molecule has 1 fully saturated rings. The molecule has 92 valence electrons. The van der Waals surface area contributed by atoms with Gasteiger partial charge >= 0.3 is 5.97 Å². The van der Waals surface area contributed by atoms with Crippen molar-refractivity contribution in [2.45, 2.75) is 25.2 Å². The van der Waals surface area contributed by atoms with Crippen molar-refractivity contribution in [3.8, 4) is 5.75 Å². The number of carbonyl (C=O) groups is 1. The van der Waals surface area contributed by atoms with Crippen LogP contribution >= 0.6 is 0 Å². The van der Waals surface area contributed by atoms with E-state index in [1.165, 1.54) is 19.2 Å². The Morgan fingerprint density at radius 2 is 2.24 bits per heavy atom. The zero-order chi connectivity index (χ0) is 12.4. The van der Waals surface area contributed by atoms with Gasteiger partial charge in [-0.25, -0.2) is 4.39 Å². The quantitative estimate of drug-likeness (QED) is 0.880. The van der Waals surface area contributed by atoms with Crippen LogP contribution in [0.1, 0.15) is 30.7 Å². The van der Waals surface area contributed by atoms with Crippen LogP contribution in [0.4, 0.5) is 4.39 Å². The third-order valence-corrected chi connectivity index (χ3v) is 3.42. The van der Waals surface area contributed by atoms with E-state index >= 15 is 0 Å². The molecule has 1 saturated carbocycles. The molecule has 0 spiro atoms. The van der Waals surface area contributed by atoms with Crippen molar-refractivity contribution in [1.29, 1.82) is 0 Å². The van der Waals surface area contributed by atoms with Crippen LogP contribution < -0.4 is 4.74 Å². The van der Waals surface area contributed by atoms with Crippen LogP contribution in [0.2, 0.25) is 0 Å². The third kappa shape index (κ3) is 2.25. The SMILES string of the molecule is COc1ccc(F)cc1C1CCCC1C(=O)O. The van der Waals surface area contributed by atoms with E-state index in [0.717, 1.165) is 12.8 Å². The molecule has 1 aliphatic carbocycles. The minimum Gasteiger partial charge on any atom is -0.496 e. The van der Waals surface area contributed by atoms with E-state index < -0.39 is 11.9 Å². The van der Waals surface area contributed by atoms with Crippen LogP contribution in [0.5, 0.6) is 5.75 Å². The summed E-state index contributed by atoms with van der Waals surface area (Å²) < 4.78 is 18.4. The summed E-state index contributed by atoms with van der Waals surface area (Å²) in [6.07, 6.45) is 2.29. The zero-order valence-corrected chi connectivity index (χ0v) is 9.65. The maximum Gasteiger partial charge on any atom is 0.307 e. The lowest BCUT2D eigenvalue weighted by Gasteiger charge is -2.19. The largest absolute Gasteiger partial charge is 0.496 e. The molecule has 17 heavy (non-hydrogen) atoms. The second kappa shape index (κ2) is 4.73. The Morgan fingerprint density at radius 3 is 2.88 bits per heavy atom. The number of ether oxygens (including phenoxy) is 1. The summed E-state index contributed by atoms with van der Waals surface area (Å²) in [7, 11) is 1.52. The Hall–Kier alpha value is -1.58. The standard InChI is InChI=1S/C13H15FO3/c1-17-12-6-5-8(14)7-11(12)9-3-2-4-10(9)13(15)16/h5-7,9-10H,2-4H2,1H3,(H,15,16). The molecule has 0 amide bonds. The van der Waals surface area contributed by atoms with Crippen molar-refractivity contribution < 1.29 is 19.0 Å². The first kappa shape index (κ1) is 11.9. The predicted octanol–water partition coefficient (Wildman–Crippen LogP) is 2.80. The predicted molar refractivity (Wildman–Crippen MR) is 60.7 cm³/mol. The summed E-state index contributed by atoms with van der Waals surface area (Å²) in [5.74, 6) is -1.15. The second-order valence-corrected chi connectivity index (χ2v) is 4.37. The fourth-order valence-corrected chi connectivity index (χ4v) is 2.62. The Kier molecular flexibility index (Phi) is 3.31. The van der Waals surface area contributed by atoms with Gasteiger partial charge in [-0.15, -0.1) is 0 Å². The maximum absolute atomic E-state index is 13.3. The monoisotopic (exact) mass is 238 g/mol. The minimum absolute atomic E-state index is 0.141. The van der Waals surface area contributed by atoms with E-state index in [1.54, 1.807) is 6.07 Å². The molecule has 2 unspecified atom stereocenters. The van der Waals surface area contributed by atoms with Gasteiger partial charge in [-0.05, 0) is 31.0 Å². The van der Waals surface area contributed by atoms with E-state index in [-0.39, 0.29) is 11.7 Å². The molecule has 1 aromatic carbocycles. The molecular formula is C13H15FO3. The number of hydrogen-bond acceptors (Lipinski definition) is 2. The van der Waals surface area contributed by atoms with Gasteiger partial charge in [0.2, 0.25) is 0 Å². The van der Waals surface area contributed by atoms with Crippen molar-refractivity contribution in [2.24, 2.45) is 5.92 Å². The molecule has 0 radical (unpaired) electrons. The highest BCUT2D eigenvalue weighted by Gasteiger charge is 2.35. The van der Waals surface area contributed by atoms with Gasteiger partial charge in [0.15, 0.2) is 0 Å². The fourth-order valence-electron chi connectivity index (χ4n) is 2.62. The van der Waals surface area contributed by atoms with Gasteiger partial charge < -0.3 is 9.84 Å². The first-order chi connectivity index (χ1) is 8.13. The molecule has 0 heterocycles. The topological polar surface area (TPSA) is 46.5 Å². The molecule has 4 heteroatoms. The van der Waals surface area contributed by atoms with Crippen LogP contribution in [-0.4, -0.2) is 18.2 Å². The van der Waals surface area contributed by atoms with E-state index in [9.17, 15) is 9.18 Å². The fraction of sp³-hybridized carbons (Fsp3) is 0.462. The molecule has 1 aliphatic rings. The molecule has 1 aromatic rings. The Labute approximate surface area is 99.2 Å². The van der Waals surface area contributed by atoms with Crippen LogP contribution in [0, 0.1) is 11.7 Å². The highest BCUT2D eigenvalue weighted by atomic mass is 19.1. The third-order valence-electron chi connectivity index (χ3n) is 3.42. The highest BCUT2D eigenvalue weighted by Crippen LogP contribution is 2.43. The molecule has 1 N–H and O–H groups in total. The van der Waals surface area contributed by atoms with Gasteiger partial charge in [0.25, 0.3) is 0 Å². The number of methoxy groups -OCH3 is 1. The van der Waals surface area contributed by atoms with E-state index in [0.29, 0.717) is 17.7 Å². The van der Waals surface area contributed by atoms with Crippen LogP contribution in [0.25, 0.3) is 0 Å². The molecule has 2 rings (SSSR count). The average molecular weight is 238 g/mol. The minimum atomic E-state index is -0.807. The smallest absolute Gasteiger partial charge is 0.307 e. The summed E-state index contributed by atoms with van der Waals surface area (Å²) in [5, 5.41) is 9.14. The molecule has 0 saturated heterocycles. The Bertz CT molecular complexity index is 431. The zero-order valence-electron chi connectivity index (χ0n) is 9.65. The molecule has 3 nitrogen and oxygen atoms in total. The molecule has 0 aliphatic heterocycles. The number of aliphatic carboxylic acids is 1. The van der Waals surface area contributed by atoms with Crippen molar-refractivity contribution >= 4 is 5.97 Å². The number of carboxylic acids is 1. The highest BCUT2D eigenvalue weighted by molar-refractivity contribution is 5.72. The van der Waals surface area contributed by atoms with Gasteiger partial charge in [0.05, 0.1) is 13.0 Å². The van der Waals surface area contributed by atoms with Crippen LogP contribution in [0.15, 0.2) is 18.2 Å². The number of carboxylic acid groups (broad SMARTS) is 1. The molecule has 0 bridgehead atoms. The summed E-state index contributed by atoms with van der Waals surface area (Å²) in [6.45, 7) is 0. The van der Waals surface area contributed by atoms with Crippen molar-refractivity contribution in [3.63, 3.8) is 0 Å². The first-order valence-electron chi connectivity index (χ1n) is 5.69. The molecule has 2 atom stereocenters. The maximum atomic E-state index is 13.3. The van der Waals surface area contributed by atoms with Gasteiger partial charge in [0.1, 0.15) is 11.6 Å². The van der Waals surface area contributed by atoms with Crippen molar-refractivity contribution in [3.05, 3.63) is 29.6 Å². The van der Waals surface area contributed by atoms with Gasteiger partial charge in [-0.1, -0.05) is 6.42 Å². The van der Waals surface area contributed by atoms with Gasteiger partial charge in [0, 0.05) is 11.5 Å². The second-order valence-electron chi connectivity index (χ2n) is 4.37. The molecular weight excluding hydrogens is 223 g/mol. The Balaban J connectivity index is 2.38. The number of halogens is 1. The van der Waals surface area contributed by atoms with Crippen molar-refractivity contribution in [2.75, 3.05) is 7.11 Å². The lowest BCUT2D eigenvalue weighted by atomic mass is 9.88. The summed E-state index contributed by atoms with van der Waals surface area (Å²) in [5.41, 5.74) is 0.678. The van der Waals surface area contributed by atoms with Crippen LogP contribution in [-0.2, 0) is 4.79 Å². The van der Waals surface area contributed by atoms with E-state index in [2.05, 4.69) is 0 Å². The lowest BCUT2D eigenvalue weighted by molar-refractivity contribution is -0.142. The lowest BCUT2D eigenvalue weighted by Crippen LogP contribution is -2.17. The van der Waals surface area contributed by atoms with Gasteiger partial charge in [-0.3, -0.25) is 4.79 Å². The average Bonchev–Trinajstić information content (AvgIpc) is 2.77. The number of rotatable bonds is 3. The van der Waals surface area contributed by atoms with Crippen LogP contribution in [0.3, 0.4) is 0 Å². The first-order valence-corrected chi connectivity index (χ1v) is 5.69.